The summed E-state index contributed by atoms with van der Waals surface area (Å²) in [6.07, 6.45) is 6.62. The quantitative estimate of drug-likeness (QED) is 0.200. The summed E-state index contributed by atoms with van der Waals surface area (Å²) in [5.41, 5.74) is 4.92. The van der Waals surface area contributed by atoms with E-state index in [-0.39, 0.29) is 12.3 Å². The van der Waals surface area contributed by atoms with Gasteiger partial charge in [-0.1, -0.05) is 24.3 Å². The Labute approximate surface area is 180 Å². The molecular weight excluding hydrogens is 394 g/mol. The number of hydrazone groups is 1. The first-order chi connectivity index (χ1) is 15.0. The predicted molar refractivity (Wildman–Crippen MR) is 119 cm³/mol. The van der Waals surface area contributed by atoms with Crippen molar-refractivity contribution in [2.75, 3.05) is 7.11 Å². The number of nitrogens with one attached hydrogen (secondary N) is 1. The van der Waals surface area contributed by atoms with Gasteiger partial charge in [0.15, 0.2) is 0 Å². The number of carbonyl (C=O) groups excluding carboxylic acids is 2. The highest BCUT2D eigenvalue weighted by Gasteiger charge is 2.05. The fraction of sp³-hybridized carbons (Fsp3) is 0.125. The van der Waals surface area contributed by atoms with Crippen LogP contribution >= 0.6 is 0 Å². The third-order valence-electron chi connectivity index (χ3n) is 4.40. The first-order valence-electron chi connectivity index (χ1n) is 9.59. The highest BCUT2D eigenvalue weighted by molar-refractivity contribution is 5.89. The van der Waals surface area contributed by atoms with Gasteiger partial charge in [0.1, 0.15) is 11.5 Å². The van der Waals surface area contributed by atoms with E-state index in [9.17, 15) is 9.59 Å². The zero-order valence-electron chi connectivity index (χ0n) is 17.3. The molecule has 7 heteroatoms. The molecular formula is C24H23N3O4. The summed E-state index contributed by atoms with van der Waals surface area (Å²) in [6.45, 7) is 0. The van der Waals surface area contributed by atoms with Crippen LogP contribution < -0.4 is 14.9 Å². The van der Waals surface area contributed by atoms with E-state index in [0.717, 1.165) is 17.0 Å². The van der Waals surface area contributed by atoms with Crippen molar-refractivity contribution in [2.24, 2.45) is 12.1 Å². The van der Waals surface area contributed by atoms with E-state index in [2.05, 4.69) is 10.5 Å². The van der Waals surface area contributed by atoms with E-state index in [0.29, 0.717) is 11.3 Å². The summed E-state index contributed by atoms with van der Waals surface area (Å²) in [6, 6.07) is 17.9. The van der Waals surface area contributed by atoms with Crippen LogP contribution in [-0.2, 0) is 23.1 Å². The first kappa shape index (κ1) is 21.6. The van der Waals surface area contributed by atoms with Crippen LogP contribution in [-0.4, -0.2) is 29.8 Å². The highest BCUT2D eigenvalue weighted by atomic mass is 16.5. The summed E-state index contributed by atoms with van der Waals surface area (Å²) in [7, 11) is 3.48. The number of methoxy groups -OCH3 is 1. The minimum absolute atomic E-state index is 0.218. The Balaban J connectivity index is 1.52. The largest absolute Gasteiger partial charge is 0.497 e. The van der Waals surface area contributed by atoms with Crippen LogP contribution in [0, 0.1) is 0 Å². The zero-order valence-corrected chi connectivity index (χ0v) is 17.3. The van der Waals surface area contributed by atoms with E-state index >= 15 is 0 Å². The molecule has 7 nitrogen and oxygen atoms in total. The molecule has 3 rings (SSSR count). The number of hydrogen-bond acceptors (Lipinski definition) is 5. The van der Waals surface area contributed by atoms with E-state index < -0.39 is 5.97 Å². The van der Waals surface area contributed by atoms with Crippen LogP contribution in [0.5, 0.6) is 11.5 Å². The Morgan fingerprint density at radius 1 is 1.03 bits per heavy atom. The van der Waals surface area contributed by atoms with Crippen molar-refractivity contribution >= 4 is 24.2 Å². The van der Waals surface area contributed by atoms with Gasteiger partial charge < -0.3 is 14.0 Å². The molecule has 0 atom stereocenters. The van der Waals surface area contributed by atoms with E-state index in [1.807, 2.05) is 54.2 Å². The fourth-order valence-corrected chi connectivity index (χ4v) is 2.75. The molecule has 0 fully saturated rings. The lowest BCUT2D eigenvalue weighted by Gasteiger charge is -2.03. The number of aryl methyl sites for hydroxylation is 1. The summed E-state index contributed by atoms with van der Waals surface area (Å²) in [5, 5.41) is 3.96. The van der Waals surface area contributed by atoms with Crippen LogP contribution in [0.1, 0.15) is 16.8 Å². The smallest absolute Gasteiger partial charge is 0.336 e. The molecule has 0 radical (unpaired) electrons. The lowest BCUT2D eigenvalue weighted by molar-refractivity contribution is -0.129. The molecule has 0 aliphatic carbocycles. The Hall–Kier alpha value is -4.13. The number of benzene rings is 2. The van der Waals surface area contributed by atoms with Crippen LogP contribution in [0.15, 0.2) is 78.0 Å². The van der Waals surface area contributed by atoms with Gasteiger partial charge in [-0.05, 0) is 53.6 Å². The van der Waals surface area contributed by atoms with Gasteiger partial charge in [-0.25, -0.2) is 10.2 Å². The second-order valence-electron chi connectivity index (χ2n) is 6.68. The minimum atomic E-state index is -0.499. The van der Waals surface area contributed by atoms with Crippen LogP contribution in [0.2, 0.25) is 0 Å². The van der Waals surface area contributed by atoms with Crippen LogP contribution in [0.4, 0.5) is 0 Å². The maximum Gasteiger partial charge on any atom is 0.336 e. The topological polar surface area (TPSA) is 81.9 Å². The van der Waals surface area contributed by atoms with E-state index in [1.165, 1.54) is 12.3 Å². The molecule has 0 spiro atoms. The molecule has 0 saturated heterocycles. The molecule has 1 amide bonds. The third-order valence-corrected chi connectivity index (χ3v) is 4.40. The molecule has 1 N–H and O–H groups in total. The monoisotopic (exact) mass is 417 g/mol. The summed E-state index contributed by atoms with van der Waals surface area (Å²) in [4.78, 5) is 24.0. The number of rotatable bonds is 8. The van der Waals surface area contributed by atoms with Crippen LogP contribution in [0.25, 0.3) is 6.08 Å². The van der Waals surface area contributed by atoms with Crippen molar-refractivity contribution in [3.05, 3.63) is 89.8 Å². The van der Waals surface area contributed by atoms with Crippen LogP contribution in [0.3, 0.4) is 0 Å². The minimum Gasteiger partial charge on any atom is -0.497 e. The first-order valence-corrected chi connectivity index (χ1v) is 9.59. The maximum absolute atomic E-state index is 12.1. The average Bonchev–Trinajstić information content (AvgIpc) is 3.17. The second kappa shape index (κ2) is 10.6. The molecule has 2 aromatic carbocycles. The molecule has 1 aromatic heterocycles. The average molecular weight is 417 g/mol. The fourth-order valence-electron chi connectivity index (χ4n) is 2.75. The van der Waals surface area contributed by atoms with Gasteiger partial charge in [-0.3, -0.25) is 4.79 Å². The van der Waals surface area contributed by atoms with Crippen molar-refractivity contribution < 1.29 is 19.1 Å². The number of amides is 1. The molecule has 0 aliphatic rings. The standard InChI is InChI=1S/C24H23N3O4/c1-27-14-4-6-20(27)16-23(28)26-25-17-19-5-3-7-22(15-19)31-24(29)13-10-18-8-11-21(30-2)12-9-18/h3-15,17H,16H2,1-2H3,(H,26,28)/b13-10+,25-17+. The van der Waals surface area contributed by atoms with Crippen molar-refractivity contribution in [1.82, 2.24) is 9.99 Å². The lowest BCUT2D eigenvalue weighted by atomic mass is 10.2. The predicted octanol–water partition coefficient (Wildman–Crippen LogP) is 3.35. The molecule has 0 bridgehead atoms. The summed E-state index contributed by atoms with van der Waals surface area (Å²) in [5.74, 6) is 0.405. The number of hydrogen-bond donors (Lipinski definition) is 1. The van der Waals surface area contributed by atoms with Gasteiger partial charge in [0, 0.05) is 25.0 Å². The normalized spacial score (nSPS) is 11.0. The Kier molecular flexibility index (Phi) is 7.37. The molecule has 0 unspecified atom stereocenters. The Bertz CT molecular complexity index is 1100. The van der Waals surface area contributed by atoms with Gasteiger partial charge in [-0.15, -0.1) is 0 Å². The number of nitrogens with zero attached hydrogens (tertiary/aromatic N) is 2. The van der Waals surface area contributed by atoms with Gasteiger partial charge in [0.25, 0.3) is 0 Å². The molecule has 3 aromatic rings. The van der Waals surface area contributed by atoms with Gasteiger partial charge >= 0.3 is 5.97 Å². The number of esters is 1. The molecule has 158 valence electrons. The number of ether oxygens (including phenoxy) is 2. The third kappa shape index (κ3) is 6.71. The van der Waals surface area contributed by atoms with Crippen molar-refractivity contribution in [2.45, 2.75) is 6.42 Å². The van der Waals surface area contributed by atoms with Gasteiger partial charge in [0.05, 0.1) is 19.7 Å². The Morgan fingerprint density at radius 2 is 1.84 bits per heavy atom. The molecule has 0 aliphatic heterocycles. The van der Waals surface area contributed by atoms with Gasteiger partial charge in [-0.2, -0.15) is 5.10 Å². The molecule has 1 heterocycles. The lowest BCUT2D eigenvalue weighted by Crippen LogP contribution is -2.20. The summed E-state index contributed by atoms with van der Waals surface area (Å²) >= 11 is 0. The summed E-state index contributed by atoms with van der Waals surface area (Å²) < 4.78 is 12.3. The molecule has 0 saturated carbocycles. The van der Waals surface area contributed by atoms with Crippen molar-refractivity contribution in [3.63, 3.8) is 0 Å². The van der Waals surface area contributed by atoms with E-state index in [4.69, 9.17) is 9.47 Å². The van der Waals surface area contributed by atoms with Crippen molar-refractivity contribution in [3.8, 4) is 11.5 Å². The highest BCUT2D eigenvalue weighted by Crippen LogP contribution is 2.14. The second-order valence-corrected chi connectivity index (χ2v) is 6.68. The number of carbonyl (C=O) groups is 2. The van der Waals surface area contributed by atoms with E-state index in [1.54, 1.807) is 37.5 Å². The van der Waals surface area contributed by atoms with Crippen molar-refractivity contribution in [1.29, 1.82) is 0 Å². The Morgan fingerprint density at radius 3 is 2.55 bits per heavy atom. The van der Waals surface area contributed by atoms with Gasteiger partial charge in [0.2, 0.25) is 5.91 Å². The number of aromatic nitrogens is 1. The zero-order chi connectivity index (χ0) is 22.1. The maximum atomic E-state index is 12.1. The SMILES string of the molecule is COc1ccc(/C=C/C(=O)Oc2cccc(/C=N/NC(=O)Cc3cccn3C)c2)cc1. The molecule has 31 heavy (non-hydrogen) atoms.